The predicted octanol–water partition coefficient (Wildman–Crippen LogP) is 1.28. The van der Waals surface area contributed by atoms with E-state index in [0.29, 0.717) is 24.8 Å². The highest BCUT2D eigenvalue weighted by Crippen LogP contribution is 2.20. The normalized spacial score (nSPS) is 19.3. The van der Waals surface area contributed by atoms with Crippen LogP contribution in [-0.2, 0) is 11.3 Å². The molecule has 3 rings (SSSR count). The monoisotopic (exact) mass is 301 g/mol. The average Bonchev–Trinajstić information content (AvgIpc) is 2.92. The van der Waals surface area contributed by atoms with Crippen molar-refractivity contribution in [2.24, 2.45) is 5.73 Å². The average molecular weight is 301 g/mol. The molecule has 1 aliphatic rings. The van der Waals surface area contributed by atoms with Gasteiger partial charge in [-0.2, -0.15) is 4.98 Å². The molecule has 1 amide bonds. The maximum Gasteiger partial charge on any atom is 0.246 e. The van der Waals surface area contributed by atoms with Gasteiger partial charge in [-0.25, -0.2) is 0 Å². The second-order valence-electron chi connectivity index (χ2n) is 5.56. The Morgan fingerprint density at radius 3 is 3.14 bits per heavy atom. The van der Waals surface area contributed by atoms with E-state index in [1.54, 1.807) is 17.3 Å². The molecule has 7 nitrogen and oxygen atoms in total. The molecule has 0 spiro atoms. The molecule has 1 atom stereocenters. The molecule has 1 fully saturated rings. The van der Waals surface area contributed by atoms with Crippen molar-refractivity contribution in [1.29, 1.82) is 0 Å². The minimum atomic E-state index is -0.426. The lowest BCUT2D eigenvalue weighted by molar-refractivity contribution is -0.133. The zero-order valence-electron chi connectivity index (χ0n) is 12.5. The number of aromatic nitrogens is 3. The standard InChI is InChI=1S/C15H19N5O2/c1-10-5-6-17-8-11(10)14-18-13(22-19-14)9-20-7-3-2-4-12(16)15(20)21/h5-6,8,12H,2-4,7,9,16H2,1H3. The number of likely N-dealkylation sites (tertiary alicyclic amines) is 1. The number of amides is 1. The molecule has 0 aliphatic carbocycles. The third kappa shape index (κ3) is 2.99. The summed E-state index contributed by atoms with van der Waals surface area (Å²) in [4.78, 5) is 22.3. The van der Waals surface area contributed by atoms with E-state index in [1.807, 2.05) is 13.0 Å². The van der Waals surface area contributed by atoms with Crippen LogP contribution >= 0.6 is 0 Å². The maximum atomic E-state index is 12.2. The van der Waals surface area contributed by atoms with E-state index in [1.165, 1.54) is 0 Å². The van der Waals surface area contributed by atoms with Crippen molar-refractivity contribution >= 4 is 5.91 Å². The molecular weight excluding hydrogens is 282 g/mol. The molecule has 7 heteroatoms. The van der Waals surface area contributed by atoms with Crippen LogP contribution in [-0.4, -0.2) is 38.5 Å². The second kappa shape index (κ2) is 6.23. The fourth-order valence-electron chi connectivity index (χ4n) is 2.58. The molecule has 3 heterocycles. The molecule has 0 bridgehead atoms. The Morgan fingerprint density at radius 1 is 1.45 bits per heavy atom. The smallest absolute Gasteiger partial charge is 0.246 e. The van der Waals surface area contributed by atoms with Gasteiger partial charge in [0.2, 0.25) is 17.6 Å². The highest BCUT2D eigenvalue weighted by Gasteiger charge is 2.25. The second-order valence-corrected chi connectivity index (χ2v) is 5.56. The first-order chi connectivity index (χ1) is 10.6. The van der Waals surface area contributed by atoms with Crippen LogP contribution < -0.4 is 5.73 Å². The summed E-state index contributed by atoms with van der Waals surface area (Å²) in [5.41, 5.74) is 7.73. The highest BCUT2D eigenvalue weighted by molar-refractivity contribution is 5.81. The minimum Gasteiger partial charge on any atom is -0.337 e. The summed E-state index contributed by atoms with van der Waals surface area (Å²) in [6, 6.07) is 1.47. The Morgan fingerprint density at radius 2 is 2.32 bits per heavy atom. The zero-order chi connectivity index (χ0) is 15.5. The van der Waals surface area contributed by atoms with E-state index in [9.17, 15) is 4.79 Å². The predicted molar refractivity (Wildman–Crippen MR) is 79.5 cm³/mol. The molecule has 1 aliphatic heterocycles. The Bertz CT molecular complexity index is 669. The first kappa shape index (κ1) is 14.6. The Balaban J connectivity index is 1.77. The van der Waals surface area contributed by atoms with Crippen LogP contribution in [0.2, 0.25) is 0 Å². The molecule has 0 aromatic carbocycles. The third-order valence-electron chi connectivity index (χ3n) is 3.90. The van der Waals surface area contributed by atoms with Gasteiger partial charge in [0.1, 0.15) is 6.54 Å². The number of hydrogen-bond donors (Lipinski definition) is 1. The lowest BCUT2D eigenvalue weighted by Crippen LogP contribution is -2.41. The van der Waals surface area contributed by atoms with Crippen molar-refractivity contribution in [3.63, 3.8) is 0 Å². The lowest BCUT2D eigenvalue weighted by Gasteiger charge is -2.20. The van der Waals surface area contributed by atoms with Crippen molar-refractivity contribution < 1.29 is 9.32 Å². The molecule has 2 N–H and O–H groups in total. The molecule has 22 heavy (non-hydrogen) atoms. The number of rotatable bonds is 3. The first-order valence-electron chi connectivity index (χ1n) is 7.43. The number of hydrogen-bond acceptors (Lipinski definition) is 6. The van der Waals surface area contributed by atoms with Crippen LogP contribution in [0.3, 0.4) is 0 Å². The van der Waals surface area contributed by atoms with Gasteiger partial charge in [-0.05, 0) is 37.8 Å². The van der Waals surface area contributed by atoms with Crippen molar-refractivity contribution in [2.75, 3.05) is 6.54 Å². The summed E-state index contributed by atoms with van der Waals surface area (Å²) in [7, 11) is 0. The van der Waals surface area contributed by atoms with Crippen molar-refractivity contribution in [2.45, 2.75) is 38.8 Å². The van der Waals surface area contributed by atoms with Crippen LogP contribution in [0.5, 0.6) is 0 Å². The fraction of sp³-hybridized carbons (Fsp3) is 0.467. The lowest BCUT2D eigenvalue weighted by atomic mass is 10.1. The molecule has 1 saturated heterocycles. The number of pyridine rings is 1. The summed E-state index contributed by atoms with van der Waals surface area (Å²) in [6.07, 6.45) is 6.07. The van der Waals surface area contributed by atoms with Crippen LogP contribution in [0.1, 0.15) is 30.7 Å². The van der Waals surface area contributed by atoms with Gasteiger partial charge in [0, 0.05) is 24.5 Å². The van der Waals surface area contributed by atoms with E-state index < -0.39 is 6.04 Å². The molecular formula is C15H19N5O2. The van der Waals surface area contributed by atoms with Gasteiger partial charge in [0.15, 0.2) is 0 Å². The number of nitrogens with zero attached hydrogens (tertiary/aromatic N) is 4. The van der Waals surface area contributed by atoms with E-state index >= 15 is 0 Å². The summed E-state index contributed by atoms with van der Waals surface area (Å²) >= 11 is 0. The Labute approximate surface area is 128 Å². The van der Waals surface area contributed by atoms with Gasteiger partial charge in [-0.1, -0.05) is 5.16 Å². The molecule has 1 unspecified atom stereocenters. The minimum absolute atomic E-state index is 0.0465. The fourth-order valence-corrected chi connectivity index (χ4v) is 2.58. The number of aryl methyl sites for hydroxylation is 1. The molecule has 116 valence electrons. The maximum absolute atomic E-state index is 12.2. The van der Waals surface area contributed by atoms with Gasteiger partial charge in [-0.15, -0.1) is 0 Å². The molecule has 0 saturated carbocycles. The van der Waals surface area contributed by atoms with E-state index in [2.05, 4.69) is 15.1 Å². The van der Waals surface area contributed by atoms with Gasteiger partial charge in [-0.3, -0.25) is 9.78 Å². The van der Waals surface area contributed by atoms with E-state index in [-0.39, 0.29) is 5.91 Å². The van der Waals surface area contributed by atoms with Gasteiger partial charge in [0.05, 0.1) is 6.04 Å². The Kier molecular flexibility index (Phi) is 4.15. The summed E-state index contributed by atoms with van der Waals surface area (Å²) in [5.74, 6) is 0.864. The highest BCUT2D eigenvalue weighted by atomic mass is 16.5. The van der Waals surface area contributed by atoms with Crippen LogP contribution in [0.15, 0.2) is 23.0 Å². The number of carbonyl (C=O) groups excluding carboxylic acids is 1. The third-order valence-corrected chi connectivity index (χ3v) is 3.90. The molecule has 2 aromatic rings. The van der Waals surface area contributed by atoms with E-state index in [4.69, 9.17) is 10.3 Å². The van der Waals surface area contributed by atoms with Crippen LogP contribution in [0.4, 0.5) is 0 Å². The van der Waals surface area contributed by atoms with Crippen molar-refractivity contribution in [3.8, 4) is 11.4 Å². The number of nitrogens with two attached hydrogens (primary N) is 1. The van der Waals surface area contributed by atoms with Crippen molar-refractivity contribution in [1.82, 2.24) is 20.0 Å². The van der Waals surface area contributed by atoms with Gasteiger partial charge < -0.3 is 15.2 Å². The quantitative estimate of drug-likeness (QED) is 0.917. The van der Waals surface area contributed by atoms with E-state index in [0.717, 1.165) is 30.4 Å². The summed E-state index contributed by atoms with van der Waals surface area (Å²) in [6.45, 7) is 2.94. The summed E-state index contributed by atoms with van der Waals surface area (Å²) < 4.78 is 5.28. The number of carbonyl (C=O) groups is 1. The van der Waals surface area contributed by atoms with Crippen LogP contribution in [0.25, 0.3) is 11.4 Å². The topological polar surface area (TPSA) is 98.1 Å². The SMILES string of the molecule is Cc1ccncc1-c1noc(CN2CCCCC(N)C2=O)n1. The zero-order valence-corrected chi connectivity index (χ0v) is 12.5. The Hall–Kier alpha value is -2.28. The molecule has 2 aromatic heterocycles. The van der Waals surface area contributed by atoms with Crippen LogP contribution in [0, 0.1) is 6.92 Å². The van der Waals surface area contributed by atoms with Gasteiger partial charge >= 0.3 is 0 Å². The summed E-state index contributed by atoms with van der Waals surface area (Å²) in [5, 5.41) is 3.98. The first-order valence-corrected chi connectivity index (χ1v) is 7.43. The van der Waals surface area contributed by atoms with Crippen molar-refractivity contribution in [3.05, 3.63) is 29.9 Å². The largest absolute Gasteiger partial charge is 0.337 e. The van der Waals surface area contributed by atoms with Gasteiger partial charge in [0.25, 0.3) is 0 Å². The molecule has 0 radical (unpaired) electrons.